The number of aliphatic imine (C=N–C) groups is 1. The lowest BCUT2D eigenvalue weighted by Crippen LogP contribution is -2.96. The van der Waals surface area contributed by atoms with E-state index in [-0.39, 0.29) is 36.7 Å². The number of nitrogens with zero attached hydrogens (tertiary/aromatic N) is 3. The molecule has 0 amide bonds. The zero-order chi connectivity index (χ0) is 67.1. The third-order valence-corrected chi connectivity index (χ3v) is 25.4. The maximum atomic E-state index is 6.98. The fourth-order valence-electron chi connectivity index (χ4n) is 17.9. The van der Waals surface area contributed by atoms with Gasteiger partial charge in [-0.25, -0.2) is 4.99 Å². The van der Waals surface area contributed by atoms with Crippen molar-refractivity contribution >= 4 is 132 Å². The SMILES string of the molecule is C1=CC2c3ccccc3SC2C(C2NC(c3ccccc3)=NC(c3ccc4c5c(oc4c3)CC(c3cccc4c3oc3ccc(-c6ccc7c(c6)sc6cc(C8NC(c9ccc%10c(c9)oc9c(-c%11cccc%12c%11oc%11ccccc%11%12)cccc9%10)N9CN8C9c8ccccc8)ccc67)cc34)C=C5)[NH2+]2)=C1. The number of allylic oxidation sites excluding steroid dienone is 4. The molecule has 2 aliphatic carbocycles. The Bertz CT molecular complexity index is 6570. The average Bonchev–Trinajstić information content (AvgIpc) is 1.17. The first-order valence-corrected chi connectivity index (χ1v) is 37.4. The number of thiophene rings is 1. The molecule has 2 bridgehead atoms. The van der Waals surface area contributed by atoms with E-state index in [2.05, 4.69) is 299 Å². The predicted molar refractivity (Wildman–Crippen MR) is 417 cm³/mol. The Morgan fingerprint density at radius 3 is 1.92 bits per heavy atom. The van der Waals surface area contributed by atoms with Gasteiger partial charge in [0.2, 0.25) is 6.17 Å². The summed E-state index contributed by atoms with van der Waals surface area (Å²) in [6, 6.07) is 92.5. The number of quaternary nitrogens is 1. The Balaban J connectivity index is 0.525. The lowest BCUT2D eigenvalue weighted by molar-refractivity contribution is -0.725. The minimum atomic E-state index is -0.180. The first-order valence-electron chi connectivity index (χ1n) is 35.7. The molecule has 12 heteroatoms. The molecule has 5 aliphatic heterocycles. The Morgan fingerprint density at radius 1 is 0.456 bits per heavy atom. The van der Waals surface area contributed by atoms with Gasteiger partial charge in [-0.05, 0) is 88.0 Å². The van der Waals surface area contributed by atoms with Crippen molar-refractivity contribution < 1.29 is 23.0 Å². The zero-order valence-corrected chi connectivity index (χ0v) is 57.2. The van der Waals surface area contributed by atoms with Gasteiger partial charge in [0.1, 0.15) is 50.7 Å². The van der Waals surface area contributed by atoms with Gasteiger partial charge in [-0.1, -0.05) is 231 Å². The summed E-state index contributed by atoms with van der Waals surface area (Å²) in [4.78, 5) is 11.9. The number of hydrogen-bond donors (Lipinski definition) is 3. The van der Waals surface area contributed by atoms with Crippen LogP contribution in [0.15, 0.2) is 312 Å². The van der Waals surface area contributed by atoms with Crippen LogP contribution < -0.4 is 16.0 Å². The van der Waals surface area contributed by atoms with E-state index >= 15 is 0 Å². The molecular formula is C91H63N6O4S2+. The van der Waals surface area contributed by atoms with Gasteiger partial charge in [0, 0.05) is 125 Å². The van der Waals surface area contributed by atoms with Gasteiger partial charge in [0.25, 0.3) is 0 Å². The van der Waals surface area contributed by atoms with E-state index in [4.69, 9.17) is 22.7 Å². The molecule has 10 unspecified atom stereocenters. The predicted octanol–water partition coefficient (Wildman–Crippen LogP) is 21.5. The van der Waals surface area contributed by atoms with Crippen LogP contribution in [-0.2, 0) is 6.42 Å². The van der Waals surface area contributed by atoms with Gasteiger partial charge >= 0.3 is 0 Å². The number of amidine groups is 1. The molecule has 17 aromatic rings. The third kappa shape index (κ3) is 9.05. The fourth-order valence-corrected chi connectivity index (χ4v) is 20.6. The van der Waals surface area contributed by atoms with Crippen molar-refractivity contribution in [1.29, 1.82) is 0 Å². The molecule has 12 aromatic carbocycles. The van der Waals surface area contributed by atoms with Gasteiger partial charge in [-0.3, -0.25) is 20.4 Å². The van der Waals surface area contributed by atoms with Crippen molar-refractivity contribution in [1.82, 2.24) is 20.4 Å². The number of furan rings is 4. The molecule has 5 aromatic heterocycles. The van der Waals surface area contributed by atoms with Crippen molar-refractivity contribution in [3.63, 3.8) is 0 Å². The lowest BCUT2D eigenvalue weighted by Gasteiger charge is -2.62. The normalized spacial score (nSPS) is 22.7. The quantitative estimate of drug-likeness (QED) is 0.130. The number of hydrogen-bond acceptors (Lipinski definition) is 11. The van der Waals surface area contributed by atoms with Crippen LogP contribution in [0.25, 0.3) is 125 Å². The molecule has 0 saturated carbocycles. The number of rotatable bonds is 9. The summed E-state index contributed by atoms with van der Waals surface area (Å²) in [6.45, 7) is 0.820. The summed E-state index contributed by atoms with van der Waals surface area (Å²) in [5, 5.41) is 21.0. The summed E-state index contributed by atoms with van der Waals surface area (Å²) in [5.74, 6) is 2.31. The van der Waals surface area contributed by atoms with Gasteiger partial charge in [-0.15, -0.1) is 23.1 Å². The molecule has 24 rings (SSSR count). The van der Waals surface area contributed by atoms with E-state index in [1.165, 1.54) is 58.5 Å². The topological polar surface area (TPSA) is 112 Å². The summed E-state index contributed by atoms with van der Waals surface area (Å²) in [5.41, 5.74) is 21.6. The second-order valence-electron chi connectivity index (χ2n) is 28.5. The molecule has 10 heterocycles. The summed E-state index contributed by atoms with van der Waals surface area (Å²) in [6.07, 6.45) is 12.1. The molecular weight excluding hydrogens is 1310 g/mol. The summed E-state index contributed by atoms with van der Waals surface area (Å²) in [7, 11) is 0. The highest BCUT2D eigenvalue weighted by atomic mass is 32.2. The number of fused-ring (bicyclic) bond motifs is 20. The van der Waals surface area contributed by atoms with Gasteiger partial charge in [0.05, 0.1) is 25.2 Å². The van der Waals surface area contributed by atoms with Crippen molar-refractivity contribution in [2.45, 2.75) is 59.2 Å². The number of thioether (sulfide) groups is 1. The van der Waals surface area contributed by atoms with Crippen molar-refractivity contribution in [2.24, 2.45) is 4.99 Å². The number of benzene rings is 12. The van der Waals surface area contributed by atoms with E-state index < -0.39 is 0 Å². The van der Waals surface area contributed by atoms with Gasteiger partial charge in [-0.2, -0.15) is 0 Å². The molecule has 4 N–H and O–H groups in total. The van der Waals surface area contributed by atoms with Crippen LogP contribution in [0.5, 0.6) is 0 Å². The largest absolute Gasteiger partial charge is 0.460 e. The Hall–Kier alpha value is -11.3. The first-order chi connectivity index (χ1) is 51.0. The zero-order valence-electron chi connectivity index (χ0n) is 55.5. The Labute approximate surface area is 599 Å². The monoisotopic (exact) mass is 1370 g/mol. The minimum absolute atomic E-state index is 0.00489. The van der Waals surface area contributed by atoms with E-state index in [0.717, 1.165) is 140 Å². The summed E-state index contributed by atoms with van der Waals surface area (Å²) < 4.78 is 29.9. The molecule has 10 atom stereocenters. The van der Waals surface area contributed by atoms with Crippen molar-refractivity contribution in [3.8, 4) is 22.3 Å². The Morgan fingerprint density at radius 2 is 1.08 bits per heavy atom. The van der Waals surface area contributed by atoms with E-state index in [1.807, 2.05) is 35.2 Å². The van der Waals surface area contributed by atoms with Crippen LogP contribution >= 0.6 is 23.1 Å². The highest BCUT2D eigenvalue weighted by Gasteiger charge is 2.51. The van der Waals surface area contributed by atoms with Crippen LogP contribution in [0, 0.1) is 0 Å². The average molecular weight is 1370 g/mol. The standard InChI is InChI=1S/C91H62N6O4S2/c1-3-15-50(16-4-1)86-92-87(94-88(93-86)72-28-14-27-71-63-20-8-10-30-79(63)103-85(71)72)55-33-38-61-60-37-32-54(44-76(60)98-77(61)45-55)58-21-11-26-70-73-43-52(36-42-75(73)100-82(58)70)53-31-40-64-65-41-35-57(48-81(65)102-80(64)47-53)90-95-89(96-49-97(90)91(96)51-17-5-2-6-18-51)56-34-39-62-67-23-13-25-69(84(67)101-78(62)46-56)68-24-12-22-66-59-19-7-9-29-74(59)99-83(66)68/h1-43,45-48,54,71,85,87-91,94-95H,44,49H2,(H,92,93)/p+1. The molecule has 492 valence electrons. The molecule has 0 radical (unpaired) electrons. The smallest absolute Gasteiger partial charge is 0.209 e. The van der Waals surface area contributed by atoms with E-state index in [9.17, 15) is 0 Å². The Kier molecular flexibility index (Phi) is 12.8. The first kappa shape index (κ1) is 58.3. The highest BCUT2D eigenvalue weighted by Crippen LogP contribution is 2.54. The van der Waals surface area contributed by atoms with E-state index in [0.29, 0.717) is 11.2 Å². The second-order valence-corrected chi connectivity index (χ2v) is 30.7. The second kappa shape index (κ2) is 22.6. The number of nitrogens with one attached hydrogen (secondary N) is 2. The van der Waals surface area contributed by atoms with Crippen LogP contribution in [0.3, 0.4) is 0 Å². The van der Waals surface area contributed by atoms with Crippen LogP contribution in [0.4, 0.5) is 0 Å². The summed E-state index contributed by atoms with van der Waals surface area (Å²) >= 11 is 3.86. The van der Waals surface area contributed by atoms with Gasteiger partial charge < -0.3 is 23.0 Å². The molecule has 10 nitrogen and oxygen atoms in total. The fraction of sp³-hybridized carbons (Fsp3) is 0.110. The maximum Gasteiger partial charge on any atom is 0.209 e. The number of para-hydroxylation sites is 4. The van der Waals surface area contributed by atoms with Crippen molar-refractivity contribution in [2.75, 3.05) is 6.67 Å². The van der Waals surface area contributed by atoms with Crippen LogP contribution in [-0.4, -0.2) is 33.7 Å². The molecule has 3 saturated heterocycles. The van der Waals surface area contributed by atoms with E-state index in [1.54, 1.807) is 0 Å². The van der Waals surface area contributed by atoms with Crippen LogP contribution in [0.1, 0.15) is 86.8 Å². The lowest BCUT2D eigenvalue weighted by atomic mass is 9.86. The third-order valence-electron chi connectivity index (χ3n) is 22.8. The molecule has 7 aliphatic rings. The maximum absolute atomic E-state index is 6.98. The minimum Gasteiger partial charge on any atom is -0.460 e. The molecule has 103 heavy (non-hydrogen) atoms. The highest BCUT2D eigenvalue weighted by molar-refractivity contribution is 8.00. The van der Waals surface area contributed by atoms with Crippen LogP contribution in [0.2, 0.25) is 0 Å². The molecule has 3 fully saturated rings. The number of nitrogens with two attached hydrogens (primary N) is 1. The van der Waals surface area contributed by atoms with Crippen molar-refractivity contribution in [3.05, 3.63) is 335 Å². The molecule has 0 spiro atoms. The van der Waals surface area contributed by atoms with Gasteiger partial charge in [0.15, 0.2) is 6.17 Å².